The van der Waals surface area contributed by atoms with Gasteiger partial charge in [0.25, 0.3) is 0 Å². The maximum absolute atomic E-state index is 11.8. The highest BCUT2D eigenvalue weighted by Crippen LogP contribution is 2.36. The van der Waals surface area contributed by atoms with Crippen LogP contribution in [0.15, 0.2) is 18.2 Å². The minimum atomic E-state index is -0.148. The third-order valence-electron chi connectivity index (χ3n) is 3.53. The molecule has 3 heteroatoms. The van der Waals surface area contributed by atoms with Crippen molar-refractivity contribution in [3.05, 3.63) is 29.3 Å². The van der Waals surface area contributed by atoms with Crippen LogP contribution < -0.4 is 10.6 Å². The van der Waals surface area contributed by atoms with Crippen LogP contribution in [-0.4, -0.2) is 11.9 Å². The molecule has 2 N–H and O–H groups in total. The topological polar surface area (TPSA) is 41.1 Å². The molecular weight excluding hydrogens is 200 g/mol. The largest absolute Gasteiger partial charge is 0.324 e. The number of hydrogen-bond acceptors (Lipinski definition) is 2. The van der Waals surface area contributed by atoms with Crippen molar-refractivity contribution in [3.63, 3.8) is 0 Å². The number of nitrogens with one attached hydrogen (secondary N) is 2. The van der Waals surface area contributed by atoms with Crippen LogP contribution in [0.1, 0.15) is 30.5 Å². The second kappa shape index (κ2) is 3.32. The molecule has 1 aromatic carbocycles. The second-order valence-electron chi connectivity index (χ2n) is 5.00. The Morgan fingerprint density at radius 2 is 2.19 bits per heavy atom. The van der Waals surface area contributed by atoms with Crippen molar-refractivity contribution in [1.82, 2.24) is 5.32 Å². The van der Waals surface area contributed by atoms with Crippen LogP contribution in [0.3, 0.4) is 0 Å². The smallest absolute Gasteiger partial charge is 0.246 e. The van der Waals surface area contributed by atoms with Gasteiger partial charge in [0.1, 0.15) is 6.04 Å². The summed E-state index contributed by atoms with van der Waals surface area (Å²) in [6.07, 6.45) is 1.19. The van der Waals surface area contributed by atoms with Crippen LogP contribution in [0, 0.1) is 12.8 Å². The van der Waals surface area contributed by atoms with Gasteiger partial charge in [0.2, 0.25) is 5.91 Å². The molecule has 1 aromatic rings. The van der Waals surface area contributed by atoms with Crippen LogP contribution >= 0.6 is 0 Å². The zero-order valence-corrected chi connectivity index (χ0v) is 9.58. The quantitative estimate of drug-likeness (QED) is 0.793. The van der Waals surface area contributed by atoms with Crippen molar-refractivity contribution in [1.29, 1.82) is 0 Å². The maximum Gasteiger partial charge on any atom is 0.246 e. The third-order valence-corrected chi connectivity index (χ3v) is 3.53. The summed E-state index contributed by atoms with van der Waals surface area (Å²) in [6.45, 7) is 4.27. The summed E-state index contributed by atoms with van der Waals surface area (Å²) in [5.41, 5.74) is 3.26. The van der Waals surface area contributed by atoms with E-state index in [1.54, 1.807) is 0 Å². The molecule has 0 radical (unpaired) electrons. The molecule has 0 saturated heterocycles. The van der Waals surface area contributed by atoms with E-state index >= 15 is 0 Å². The molecule has 0 spiro atoms. The predicted octanol–water partition coefficient (Wildman–Crippen LogP) is 1.99. The zero-order valence-electron chi connectivity index (χ0n) is 9.58. The van der Waals surface area contributed by atoms with Crippen LogP contribution in [0.4, 0.5) is 5.69 Å². The average molecular weight is 216 g/mol. The number of rotatable bonds is 2. The summed E-state index contributed by atoms with van der Waals surface area (Å²) in [6, 6.07) is 6.48. The number of benzene rings is 1. The van der Waals surface area contributed by atoms with E-state index in [0.717, 1.165) is 11.3 Å². The molecule has 0 aromatic heterocycles. The van der Waals surface area contributed by atoms with E-state index in [-0.39, 0.29) is 11.9 Å². The summed E-state index contributed by atoms with van der Waals surface area (Å²) < 4.78 is 0. The minimum Gasteiger partial charge on any atom is -0.324 e. The number of fused-ring (bicyclic) bond motifs is 1. The molecule has 1 aliphatic heterocycles. The van der Waals surface area contributed by atoms with Gasteiger partial charge in [-0.2, -0.15) is 0 Å². The Balaban J connectivity index is 1.89. The van der Waals surface area contributed by atoms with Gasteiger partial charge in [-0.25, -0.2) is 0 Å². The fraction of sp³-hybridized carbons (Fsp3) is 0.462. The van der Waals surface area contributed by atoms with E-state index in [1.165, 1.54) is 12.0 Å². The normalized spacial score (nSPS) is 31.1. The van der Waals surface area contributed by atoms with E-state index in [2.05, 4.69) is 30.5 Å². The Hall–Kier alpha value is -1.35. The van der Waals surface area contributed by atoms with Crippen molar-refractivity contribution < 1.29 is 4.79 Å². The summed E-state index contributed by atoms with van der Waals surface area (Å²) in [5.74, 6) is 0.793. The molecular formula is C13H16N2O. The predicted molar refractivity (Wildman–Crippen MR) is 63.3 cm³/mol. The van der Waals surface area contributed by atoms with Gasteiger partial charge in [0.15, 0.2) is 0 Å². The Bertz CT molecular complexity index is 455. The van der Waals surface area contributed by atoms with E-state index < -0.39 is 0 Å². The molecule has 1 heterocycles. The molecule has 1 amide bonds. The van der Waals surface area contributed by atoms with Gasteiger partial charge < -0.3 is 5.32 Å². The van der Waals surface area contributed by atoms with Gasteiger partial charge in [-0.1, -0.05) is 24.6 Å². The molecule has 2 aliphatic rings. The molecule has 3 unspecified atom stereocenters. The molecule has 1 saturated carbocycles. The number of anilines is 1. The standard InChI is InChI=1S/C13H16N2O/c1-7-3-4-10-9(5-7)12(13(16)15-10)14-11-6-8(11)2/h3-5,8,11-12,14H,6H2,1-2H3,(H,15,16). The molecule has 16 heavy (non-hydrogen) atoms. The van der Waals surface area contributed by atoms with Gasteiger partial charge in [-0.3, -0.25) is 10.1 Å². The molecule has 84 valence electrons. The SMILES string of the molecule is Cc1ccc2c(c1)C(NC1CC1C)C(=O)N2. The molecule has 3 atom stereocenters. The first-order chi connectivity index (χ1) is 7.65. The molecule has 1 fully saturated rings. The van der Waals surface area contributed by atoms with Gasteiger partial charge in [0.05, 0.1) is 0 Å². The maximum atomic E-state index is 11.8. The average Bonchev–Trinajstić information content (AvgIpc) is 2.84. The lowest BCUT2D eigenvalue weighted by Gasteiger charge is -2.11. The van der Waals surface area contributed by atoms with Gasteiger partial charge in [-0.15, -0.1) is 0 Å². The number of carbonyl (C=O) groups is 1. The van der Waals surface area contributed by atoms with Crippen LogP contribution in [0.2, 0.25) is 0 Å². The van der Waals surface area contributed by atoms with Crippen molar-refractivity contribution in [2.24, 2.45) is 5.92 Å². The first-order valence-corrected chi connectivity index (χ1v) is 5.82. The Kier molecular flexibility index (Phi) is 2.04. The number of hydrogen-bond donors (Lipinski definition) is 2. The summed E-state index contributed by atoms with van der Waals surface area (Å²) in [7, 11) is 0. The second-order valence-corrected chi connectivity index (χ2v) is 5.00. The lowest BCUT2D eigenvalue weighted by atomic mass is 10.1. The minimum absolute atomic E-state index is 0.0831. The molecule has 0 bridgehead atoms. The van der Waals surface area contributed by atoms with Crippen molar-refractivity contribution in [3.8, 4) is 0 Å². The fourth-order valence-corrected chi connectivity index (χ4v) is 2.31. The van der Waals surface area contributed by atoms with Crippen molar-refractivity contribution in [2.45, 2.75) is 32.4 Å². The third kappa shape index (κ3) is 1.52. The monoisotopic (exact) mass is 216 g/mol. The lowest BCUT2D eigenvalue weighted by Crippen LogP contribution is -2.29. The Morgan fingerprint density at radius 3 is 2.88 bits per heavy atom. The van der Waals surface area contributed by atoms with Gasteiger partial charge >= 0.3 is 0 Å². The van der Waals surface area contributed by atoms with Crippen LogP contribution in [0.5, 0.6) is 0 Å². The summed E-state index contributed by atoms with van der Waals surface area (Å²) >= 11 is 0. The van der Waals surface area contributed by atoms with Gasteiger partial charge in [-0.05, 0) is 25.3 Å². The summed E-state index contributed by atoms with van der Waals surface area (Å²) in [4.78, 5) is 11.8. The zero-order chi connectivity index (χ0) is 11.3. The highest BCUT2D eigenvalue weighted by Gasteiger charge is 2.39. The fourth-order valence-electron chi connectivity index (χ4n) is 2.31. The lowest BCUT2D eigenvalue weighted by molar-refractivity contribution is -0.117. The number of carbonyl (C=O) groups excluding carboxylic acids is 1. The molecule has 1 aliphatic carbocycles. The number of amides is 1. The number of aryl methyl sites for hydroxylation is 1. The van der Waals surface area contributed by atoms with Gasteiger partial charge in [0, 0.05) is 17.3 Å². The summed E-state index contributed by atoms with van der Waals surface area (Å²) in [5, 5.41) is 6.34. The van der Waals surface area contributed by atoms with E-state index in [4.69, 9.17) is 0 Å². The van der Waals surface area contributed by atoms with E-state index in [0.29, 0.717) is 12.0 Å². The van der Waals surface area contributed by atoms with Crippen LogP contribution in [0.25, 0.3) is 0 Å². The van der Waals surface area contributed by atoms with Crippen molar-refractivity contribution >= 4 is 11.6 Å². The van der Waals surface area contributed by atoms with Crippen molar-refractivity contribution in [2.75, 3.05) is 5.32 Å². The van der Waals surface area contributed by atoms with E-state index in [1.807, 2.05) is 12.1 Å². The highest BCUT2D eigenvalue weighted by atomic mass is 16.2. The first-order valence-electron chi connectivity index (χ1n) is 5.82. The van der Waals surface area contributed by atoms with E-state index in [9.17, 15) is 4.79 Å². The highest BCUT2D eigenvalue weighted by molar-refractivity contribution is 6.02. The van der Waals surface area contributed by atoms with Crippen LogP contribution in [-0.2, 0) is 4.79 Å². The Labute approximate surface area is 95.2 Å². The molecule has 3 nitrogen and oxygen atoms in total. The Morgan fingerprint density at radius 1 is 1.44 bits per heavy atom. The first kappa shape index (κ1) is 9.85. The molecule has 3 rings (SSSR count).